The van der Waals surface area contributed by atoms with Crippen molar-refractivity contribution < 1.29 is 13.9 Å². The van der Waals surface area contributed by atoms with Gasteiger partial charge in [-0.2, -0.15) is 0 Å². The zero-order valence-electron chi connectivity index (χ0n) is 12.0. The van der Waals surface area contributed by atoms with Crippen LogP contribution in [0.1, 0.15) is 40.0 Å². The van der Waals surface area contributed by atoms with E-state index in [2.05, 4.69) is 13.8 Å². The molecule has 4 heteroatoms. The van der Waals surface area contributed by atoms with Gasteiger partial charge in [0.1, 0.15) is 5.75 Å². The lowest BCUT2D eigenvalue weighted by atomic mass is 10.1. The second-order valence-corrected chi connectivity index (χ2v) is 5.05. The van der Waals surface area contributed by atoms with Crippen molar-refractivity contribution in [3.05, 3.63) is 17.9 Å². The molecule has 0 fully saturated rings. The third-order valence-corrected chi connectivity index (χ3v) is 2.71. The maximum absolute atomic E-state index is 13.6. The molecule has 0 aliphatic heterocycles. The van der Waals surface area contributed by atoms with Gasteiger partial charge < -0.3 is 15.2 Å². The van der Waals surface area contributed by atoms with Crippen molar-refractivity contribution in [2.24, 2.45) is 5.92 Å². The lowest BCUT2D eigenvalue weighted by molar-refractivity contribution is 0.284. The fourth-order valence-corrected chi connectivity index (χ4v) is 1.67. The molecule has 0 spiro atoms. The van der Waals surface area contributed by atoms with Crippen LogP contribution in [-0.2, 0) is 0 Å². The average molecular weight is 269 g/mol. The fourth-order valence-electron chi connectivity index (χ4n) is 1.67. The summed E-state index contributed by atoms with van der Waals surface area (Å²) in [6, 6.07) is 2.79. The Morgan fingerprint density at radius 1 is 1.16 bits per heavy atom. The molecule has 1 aromatic carbocycles. The van der Waals surface area contributed by atoms with E-state index in [1.807, 2.05) is 6.92 Å². The molecule has 0 atom stereocenters. The van der Waals surface area contributed by atoms with E-state index >= 15 is 0 Å². The minimum atomic E-state index is -0.444. The largest absolute Gasteiger partial charge is 0.491 e. The molecule has 0 aliphatic carbocycles. The topological polar surface area (TPSA) is 44.5 Å². The summed E-state index contributed by atoms with van der Waals surface area (Å²) in [4.78, 5) is 0. The van der Waals surface area contributed by atoms with Crippen LogP contribution in [0, 0.1) is 11.7 Å². The van der Waals surface area contributed by atoms with Crippen molar-refractivity contribution in [2.75, 3.05) is 18.9 Å². The molecule has 0 aliphatic rings. The molecular weight excluding hydrogens is 245 g/mol. The van der Waals surface area contributed by atoms with Crippen molar-refractivity contribution in [3.63, 3.8) is 0 Å². The summed E-state index contributed by atoms with van der Waals surface area (Å²) in [5.74, 6) is 0.907. The molecule has 0 radical (unpaired) electrons. The second-order valence-electron chi connectivity index (χ2n) is 5.05. The first-order chi connectivity index (χ1) is 9.04. The normalized spacial score (nSPS) is 10.8. The standard InChI is InChI=1S/C15H24FNO2/c1-4-7-18-14-10-15(13(17)9-12(14)16)19-8-5-6-11(2)3/h9-11H,4-8,17H2,1-3H3. The van der Waals surface area contributed by atoms with E-state index in [1.54, 1.807) is 0 Å². The molecule has 0 amide bonds. The molecule has 1 aromatic rings. The summed E-state index contributed by atoms with van der Waals surface area (Å²) in [6.45, 7) is 7.37. The molecule has 108 valence electrons. The van der Waals surface area contributed by atoms with Crippen LogP contribution in [0.2, 0.25) is 0 Å². The minimum Gasteiger partial charge on any atom is -0.491 e. The summed E-state index contributed by atoms with van der Waals surface area (Å²) >= 11 is 0. The van der Waals surface area contributed by atoms with Crippen molar-refractivity contribution >= 4 is 5.69 Å². The fraction of sp³-hybridized carbons (Fsp3) is 0.600. The van der Waals surface area contributed by atoms with Crippen LogP contribution in [0.3, 0.4) is 0 Å². The van der Waals surface area contributed by atoms with E-state index in [0.29, 0.717) is 30.6 Å². The Bertz CT molecular complexity index is 394. The molecule has 0 bridgehead atoms. The Kier molecular flexibility index (Phi) is 6.46. The second kappa shape index (κ2) is 7.87. The number of nitrogen functional groups attached to an aromatic ring is 1. The maximum Gasteiger partial charge on any atom is 0.167 e. The first-order valence-electron chi connectivity index (χ1n) is 6.89. The Balaban J connectivity index is 2.61. The average Bonchev–Trinajstić information content (AvgIpc) is 2.35. The van der Waals surface area contributed by atoms with Crippen LogP contribution in [0.25, 0.3) is 0 Å². The van der Waals surface area contributed by atoms with Crippen molar-refractivity contribution in [3.8, 4) is 11.5 Å². The van der Waals surface area contributed by atoms with E-state index in [-0.39, 0.29) is 5.75 Å². The zero-order chi connectivity index (χ0) is 14.3. The summed E-state index contributed by atoms with van der Waals surface area (Å²) in [5, 5.41) is 0. The predicted octanol–water partition coefficient (Wildman–Crippen LogP) is 4.01. The number of rotatable bonds is 8. The number of anilines is 1. The first kappa shape index (κ1) is 15.6. The van der Waals surface area contributed by atoms with Crippen LogP contribution in [-0.4, -0.2) is 13.2 Å². The molecule has 0 saturated heterocycles. The number of hydrogen-bond acceptors (Lipinski definition) is 3. The van der Waals surface area contributed by atoms with Crippen LogP contribution in [0.5, 0.6) is 11.5 Å². The summed E-state index contributed by atoms with van der Waals surface area (Å²) in [5.41, 5.74) is 6.05. The Morgan fingerprint density at radius 3 is 2.47 bits per heavy atom. The maximum atomic E-state index is 13.6. The van der Waals surface area contributed by atoms with Gasteiger partial charge in [0.2, 0.25) is 0 Å². The van der Waals surface area contributed by atoms with Gasteiger partial charge in [0, 0.05) is 12.1 Å². The smallest absolute Gasteiger partial charge is 0.167 e. The molecule has 0 saturated carbocycles. The SMILES string of the molecule is CCCOc1cc(OCCCC(C)C)c(N)cc1F. The highest BCUT2D eigenvalue weighted by Crippen LogP contribution is 2.30. The van der Waals surface area contributed by atoms with E-state index < -0.39 is 5.82 Å². The Labute approximate surface area is 114 Å². The quantitative estimate of drug-likeness (QED) is 0.573. The Morgan fingerprint density at radius 2 is 1.84 bits per heavy atom. The highest BCUT2D eigenvalue weighted by molar-refractivity contribution is 5.56. The van der Waals surface area contributed by atoms with E-state index in [1.165, 1.54) is 12.1 Å². The van der Waals surface area contributed by atoms with Crippen molar-refractivity contribution in [1.29, 1.82) is 0 Å². The molecule has 0 aromatic heterocycles. The van der Waals surface area contributed by atoms with Crippen molar-refractivity contribution in [1.82, 2.24) is 0 Å². The lowest BCUT2D eigenvalue weighted by Gasteiger charge is -2.13. The van der Waals surface area contributed by atoms with Gasteiger partial charge in [-0.3, -0.25) is 0 Å². The third kappa shape index (κ3) is 5.37. The van der Waals surface area contributed by atoms with Gasteiger partial charge >= 0.3 is 0 Å². The van der Waals surface area contributed by atoms with Crippen LogP contribution < -0.4 is 15.2 Å². The summed E-state index contributed by atoms with van der Waals surface area (Å²) in [6.07, 6.45) is 2.88. The van der Waals surface area contributed by atoms with Gasteiger partial charge in [-0.05, 0) is 25.2 Å². The number of nitrogens with two attached hydrogens (primary N) is 1. The van der Waals surface area contributed by atoms with Gasteiger partial charge in [-0.25, -0.2) is 4.39 Å². The minimum absolute atomic E-state index is 0.204. The molecule has 2 N–H and O–H groups in total. The molecular formula is C15H24FNO2. The van der Waals surface area contributed by atoms with Gasteiger partial charge in [-0.15, -0.1) is 0 Å². The van der Waals surface area contributed by atoms with Crippen LogP contribution >= 0.6 is 0 Å². The number of halogens is 1. The predicted molar refractivity (Wildman–Crippen MR) is 76.2 cm³/mol. The van der Waals surface area contributed by atoms with Crippen LogP contribution in [0.15, 0.2) is 12.1 Å². The highest BCUT2D eigenvalue weighted by atomic mass is 19.1. The Hall–Kier alpha value is -1.45. The molecule has 0 unspecified atom stereocenters. The summed E-state index contributed by atoms with van der Waals surface area (Å²) in [7, 11) is 0. The molecule has 19 heavy (non-hydrogen) atoms. The van der Waals surface area contributed by atoms with E-state index in [0.717, 1.165) is 19.3 Å². The van der Waals surface area contributed by atoms with Gasteiger partial charge in [0.25, 0.3) is 0 Å². The lowest BCUT2D eigenvalue weighted by Crippen LogP contribution is -2.04. The highest BCUT2D eigenvalue weighted by Gasteiger charge is 2.10. The first-order valence-corrected chi connectivity index (χ1v) is 6.89. The molecule has 3 nitrogen and oxygen atoms in total. The van der Waals surface area contributed by atoms with E-state index in [4.69, 9.17) is 15.2 Å². The summed E-state index contributed by atoms with van der Waals surface area (Å²) < 4.78 is 24.5. The zero-order valence-corrected chi connectivity index (χ0v) is 12.0. The molecule has 0 heterocycles. The number of hydrogen-bond donors (Lipinski definition) is 1. The monoisotopic (exact) mass is 269 g/mol. The molecule has 1 rings (SSSR count). The van der Waals surface area contributed by atoms with Gasteiger partial charge in [-0.1, -0.05) is 20.8 Å². The van der Waals surface area contributed by atoms with E-state index in [9.17, 15) is 4.39 Å². The third-order valence-electron chi connectivity index (χ3n) is 2.71. The number of ether oxygens (including phenoxy) is 2. The van der Waals surface area contributed by atoms with Gasteiger partial charge in [0.15, 0.2) is 11.6 Å². The van der Waals surface area contributed by atoms with Crippen molar-refractivity contribution in [2.45, 2.75) is 40.0 Å². The van der Waals surface area contributed by atoms with Crippen LogP contribution in [0.4, 0.5) is 10.1 Å². The number of benzene rings is 1. The van der Waals surface area contributed by atoms with Gasteiger partial charge in [0.05, 0.1) is 18.9 Å².